The first-order valence-corrected chi connectivity index (χ1v) is 5.41. The van der Waals surface area contributed by atoms with Gasteiger partial charge in [-0.2, -0.15) is 0 Å². The van der Waals surface area contributed by atoms with Gasteiger partial charge < -0.3 is 20.7 Å². The Labute approximate surface area is 107 Å². The Hall–Kier alpha value is -1.55. The summed E-state index contributed by atoms with van der Waals surface area (Å²) in [5.74, 6) is 0. The number of aliphatic hydroxyl groups excluding tert-OH is 2. The van der Waals surface area contributed by atoms with E-state index in [9.17, 15) is 24.2 Å². The lowest BCUT2D eigenvalue weighted by Gasteiger charge is -2.35. The first-order chi connectivity index (χ1) is 8.91. The number of aromatic amines is 1. The summed E-state index contributed by atoms with van der Waals surface area (Å²) in [4.78, 5) is 24.1. The van der Waals surface area contributed by atoms with Gasteiger partial charge in [0.25, 0.3) is 5.56 Å². The maximum absolute atomic E-state index is 14.1. The minimum Gasteiger partial charge on any atom is -0.393 e. The third kappa shape index (κ3) is 2.89. The molecular weight excluding hydrogens is 261 g/mol. The molecule has 0 aliphatic carbocycles. The van der Waals surface area contributed by atoms with E-state index >= 15 is 0 Å². The quantitative estimate of drug-likeness (QED) is 0.462. The van der Waals surface area contributed by atoms with Gasteiger partial charge in [0, 0.05) is 25.9 Å². The van der Waals surface area contributed by atoms with E-state index in [4.69, 9.17) is 10.5 Å². The second-order valence-electron chi connectivity index (χ2n) is 3.97. The van der Waals surface area contributed by atoms with E-state index in [0.29, 0.717) is 4.57 Å². The predicted octanol–water partition coefficient (Wildman–Crippen LogP) is -2.30. The lowest BCUT2D eigenvalue weighted by atomic mass is 9.96. The summed E-state index contributed by atoms with van der Waals surface area (Å²) in [6.07, 6.45) is -3.24. The van der Waals surface area contributed by atoms with E-state index in [1.54, 1.807) is 0 Å². The maximum atomic E-state index is 14.1. The standard InChI is InChI=1S/C10H16FN3O5/c1-19-10(4-12,5-15)7(17)8(11)14-3-2-6(16)13-9(14)18/h2-3,7-8,15,17H,4-5,12H2,1H3,(H,13,16,18)/t7-,8-,10?/m0/s1. The summed E-state index contributed by atoms with van der Waals surface area (Å²) in [6, 6.07) is 0.927. The molecule has 0 saturated carbocycles. The fraction of sp³-hybridized carbons (Fsp3) is 0.600. The van der Waals surface area contributed by atoms with Gasteiger partial charge in [-0.25, -0.2) is 9.18 Å². The second kappa shape index (κ2) is 6.06. The molecule has 0 fully saturated rings. The monoisotopic (exact) mass is 277 g/mol. The number of rotatable bonds is 6. The summed E-state index contributed by atoms with van der Waals surface area (Å²) in [5.41, 5.74) is 1.89. The first-order valence-electron chi connectivity index (χ1n) is 5.41. The summed E-state index contributed by atoms with van der Waals surface area (Å²) >= 11 is 0. The molecule has 1 aromatic rings. The van der Waals surface area contributed by atoms with Crippen LogP contribution in [0.1, 0.15) is 6.30 Å². The molecule has 0 aromatic carbocycles. The van der Waals surface area contributed by atoms with Crippen molar-refractivity contribution in [1.82, 2.24) is 9.55 Å². The van der Waals surface area contributed by atoms with Crippen LogP contribution in [0.15, 0.2) is 21.9 Å². The molecule has 1 aromatic heterocycles. The topological polar surface area (TPSA) is 131 Å². The van der Waals surface area contributed by atoms with Crippen LogP contribution in [0.4, 0.5) is 4.39 Å². The zero-order chi connectivity index (χ0) is 14.6. The van der Waals surface area contributed by atoms with E-state index in [0.717, 1.165) is 19.4 Å². The smallest absolute Gasteiger partial charge is 0.330 e. The van der Waals surface area contributed by atoms with E-state index in [-0.39, 0.29) is 6.54 Å². The molecule has 9 heteroatoms. The number of H-pyrrole nitrogens is 1. The van der Waals surface area contributed by atoms with Crippen molar-refractivity contribution in [1.29, 1.82) is 0 Å². The van der Waals surface area contributed by atoms with Crippen molar-refractivity contribution < 1.29 is 19.3 Å². The fourth-order valence-electron chi connectivity index (χ4n) is 1.57. The number of halogens is 1. The molecule has 5 N–H and O–H groups in total. The number of aromatic nitrogens is 2. The Morgan fingerprint density at radius 3 is 2.68 bits per heavy atom. The molecule has 0 spiro atoms. The Morgan fingerprint density at radius 2 is 2.26 bits per heavy atom. The van der Waals surface area contributed by atoms with Crippen LogP contribution in [-0.4, -0.2) is 51.7 Å². The molecule has 108 valence electrons. The molecule has 0 radical (unpaired) electrons. The average Bonchev–Trinajstić information content (AvgIpc) is 2.40. The Bertz CT molecular complexity index is 516. The minimum absolute atomic E-state index is 0.361. The van der Waals surface area contributed by atoms with Crippen LogP contribution >= 0.6 is 0 Å². The van der Waals surface area contributed by atoms with Gasteiger partial charge in [-0.3, -0.25) is 14.3 Å². The van der Waals surface area contributed by atoms with Gasteiger partial charge in [-0.15, -0.1) is 0 Å². The van der Waals surface area contributed by atoms with Gasteiger partial charge in [-0.05, 0) is 0 Å². The highest BCUT2D eigenvalue weighted by Crippen LogP contribution is 2.24. The first kappa shape index (κ1) is 15.5. The average molecular weight is 277 g/mol. The largest absolute Gasteiger partial charge is 0.393 e. The SMILES string of the molecule is COC(CN)(CO)[C@@H](O)[C@@H](F)n1ccc(=O)[nH]c1=O. The minimum atomic E-state index is -2.24. The summed E-state index contributed by atoms with van der Waals surface area (Å²) in [5, 5.41) is 19.1. The van der Waals surface area contributed by atoms with Crippen LogP contribution in [0.2, 0.25) is 0 Å². The highest BCUT2D eigenvalue weighted by atomic mass is 19.1. The number of hydrogen-bond acceptors (Lipinski definition) is 6. The number of hydrogen-bond donors (Lipinski definition) is 4. The van der Waals surface area contributed by atoms with Gasteiger partial charge in [0.05, 0.1) is 6.61 Å². The normalized spacial score (nSPS) is 17.7. The van der Waals surface area contributed by atoms with E-state index in [1.807, 2.05) is 4.98 Å². The zero-order valence-corrected chi connectivity index (χ0v) is 10.2. The molecule has 1 rings (SSSR count). The van der Waals surface area contributed by atoms with Crippen molar-refractivity contribution in [3.8, 4) is 0 Å². The number of nitrogens with one attached hydrogen (secondary N) is 1. The molecule has 0 bridgehead atoms. The van der Waals surface area contributed by atoms with Crippen molar-refractivity contribution in [2.24, 2.45) is 5.73 Å². The maximum Gasteiger partial charge on any atom is 0.330 e. The van der Waals surface area contributed by atoms with E-state index in [2.05, 4.69) is 0 Å². The summed E-state index contributed by atoms with van der Waals surface area (Å²) in [6.45, 7) is -1.10. The third-order valence-electron chi connectivity index (χ3n) is 2.94. The lowest BCUT2D eigenvalue weighted by Crippen LogP contribution is -2.56. The van der Waals surface area contributed by atoms with E-state index < -0.39 is 35.9 Å². The van der Waals surface area contributed by atoms with Gasteiger partial charge in [0.2, 0.25) is 6.30 Å². The van der Waals surface area contributed by atoms with Crippen molar-refractivity contribution >= 4 is 0 Å². The fourth-order valence-corrected chi connectivity index (χ4v) is 1.57. The summed E-state index contributed by atoms with van der Waals surface area (Å²) in [7, 11) is 1.15. The lowest BCUT2D eigenvalue weighted by molar-refractivity contribution is -0.158. The van der Waals surface area contributed by atoms with Gasteiger partial charge in [0.15, 0.2) is 0 Å². The van der Waals surface area contributed by atoms with Crippen LogP contribution in [-0.2, 0) is 4.74 Å². The Balaban J connectivity index is 3.14. The van der Waals surface area contributed by atoms with Crippen LogP contribution in [0.3, 0.4) is 0 Å². The van der Waals surface area contributed by atoms with Crippen LogP contribution in [0.5, 0.6) is 0 Å². The van der Waals surface area contributed by atoms with Crippen molar-refractivity contribution in [2.75, 3.05) is 20.3 Å². The molecule has 0 aliphatic heterocycles. The zero-order valence-electron chi connectivity index (χ0n) is 10.2. The molecule has 0 amide bonds. The van der Waals surface area contributed by atoms with Crippen LogP contribution in [0.25, 0.3) is 0 Å². The number of nitrogens with zero attached hydrogens (tertiary/aromatic N) is 1. The molecule has 1 unspecified atom stereocenters. The highest BCUT2D eigenvalue weighted by Gasteiger charge is 2.42. The summed E-state index contributed by atoms with van der Waals surface area (Å²) < 4.78 is 19.5. The van der Waals surface area contributed by atoms with Crippen LogP contribution < -0.4 is 17.0 Å². The van der Waals surface area contributed by atoms with Gasteiger partial charge in [-0.1, -0.05) is 0 Å². The molecule has 19 heavy (non-hydrogen) atoms. The Morgan fingerprint density at radius 1 is 1.63 bits per heavy atom. The predicted molar refractivity (Wildman–Crippen MR) is 63.4 cm³/mol. The van der Waals surface area contributed by atoms with E-state index in [1.165, 1.54) is 0 Å². The molecule has 1 heterocycles. The third-order valence-corrected chi connectivity index (χ3v) is 2.94. The number of alkyl halides is 1. The number of aliphatic hydroxyl groups is 2. The molecule has 0 saturated heterocycles. The Kier molecular flexibility index (Phi) is 4.95. The molecular formula is C10H16FN3O5. The number of ether oxygens (including phenoxy) is 1. The van der Waals surface area contributed by atoms with Crippen molar-refractivity contribution in [2.45, 2.75) is 18.0 Å². The highest BCUT2D eigenvalue weighted by molar-refractivity contribution is 4.94. The van der Waals surface area contributed by atoms with Gasteiger partial charge in [0.1, 0.15) is 11.7 Å². The van der Waals surface area contributed by atoms with Crippen molar-refractivity contribution in [3.63, 3.8) is 0 Å². The second-order valence-corrected chi connectivity index (χ2v) is 3.97. The molecule has 0 aliphatic rings. The van der Waals surface area contributed by atoms with Crippen LogP contribution in [0, 0.1) is 0 Å². The van der Waals surface area contributed by atoms with Gasteiger partial charge >= 0.3 is 5.69 Å². The molecule has 8 nitrogen and oxygen atoms in total. The van der Waals surface area contributed by atoms with Crippen molar-refractivity contribution in [3.05, 3.63) is 33.1 Å². The molecule has 3 atom stereocenters. The number of nitrogens with two attached hydrogens (primary N) is 1. The number of methoxy groups -OCH3 is 1.